The zero-order chi connectivity index (χ0) is 28.8. The van der Waals surface area contributed by atoms with E-state index in [0.29, 0.717) is 25.2 Å². The van der Waals surface area contributed by atoms with Crippen molar-refractivity contribution in [3.05, 3.63) is 71.4 Å². The van der Waals surface area contributed by atoms with Crippen molar-refractivity contribution < 1.29 is 47.0 Å². The van der Waals surface area contributed by atoms with E-state index in [1.807, 2.05) is 0 Å². The Morgan fingerprint density at radius 2 is 1.77 bits per heavy atom. The van der Waals surface area contributed by atoms with Crippen molar-refractivity contribution in [2.24, 2.45) is 0 Å². The second kappa shape index (κ2) is 14.9. The fraction of sp³-hybridized carbons (Fsp3) is 0.231. The molecule has 0 aliphatic rings. The van der Waals surface area contributed by atoms with Crippen LogP contribution >= 0.6 is 0 Å². The van der Waals surface area contributed by atoms with Crippen LogP contribution < -0.4 is 19.9 Å². The van der Waals surface area contributed by atoms with E-state index in [-0.39, 0.29) is 29.4 Å². The average Bonchev–Trinajstić information content (AvgIpc) is 3.35. The molecule has 0 aliphatic carbocycles. The van der Waals surface area contributed by atoms with Crippen LogP contribution in [0.5, 0.6) is 11.6 Å². The van der Waals surface area contributed by atoms with Gasteiger partial charge in [0.05, 0.1) is 16.7 Å². The first kappa shape index (κ1) is 29.7. The topological polar surface area (TPSA) is 181 Å². The van der Waals surface area contributed by atoms with E-state index in [2.05, 4.69) is 21.6 Å². The summed E-state index contributed by atoms with van der Waals surface area (Å²) in [5.41, 5.74) is 2.30. The molecule has 210 valence electrons. The third kappa shape index (κ3) is 8.86. The van der Waals surface area contributed by atoms with Gasteiger partial charge in [-0.3, -0.25) is 14.6 Å². The highest BCUT2D eigenvalue weighted by Crippen LogP contribution is 2.24. The van der Waals surface area contributed by atoms with Gasteiger partial charge in [-0.1, -0.05) is 42.2 Å². The van der Waals surface area contributed by atoms with Gasteiger partial charge in [-0.15, -0.1) is 0 Å². The van der Waals surface area contributed by atoms with E-state index in [1.165, 1.54) is 30.3 Å². The molecule has 0 bridgehead atoms. The van der Waals surface area contributed by atoms with Crippen LogP contribution in [0.1, 0.15) is 24.8 Å². The lowest BCUT2D eigenvalue weighted by Crippen LogP contribution is -2.30. The lowest BCUT2D eigenvalue weighted by atomic mass is 10.2. The number of unbranched alkanes of at least 4 members (excludes halogenated alkanes) is 1. The standard InChI is InChI=1S/C26H25N3O10S/c30-23(27-32)10-4-5-17-36-21-14-11-20(12-15-21)13-16-24(31)37-18-6-7-19-38-25-26(29(33)39-28-25)40(34,35)22-8-2-1-3-9-22/h1-3,8-9,11-16,32H,4-5,10,17-19H2,(H,27,30). The number of amides is 1. The summed E-state index contributed by atoms with van der Waals surface area (Å²) in [7, 11) is -4.24. The summed E-state index contributed by atoms with van der Waals surface area (Å²) in [5, 5.41) is 22.8. The van der Waals surface area contributed by atoms with Gasteiger partial charge in [0.1, 0.15) is 5.75 Å². The van der Waals surface area contributed by atoms with Crippen molar-refractivity contribution in [2.75, 3.05) is 19.8 Å². The normalized spacial score (nSPS) is 10.9. The molecule has 2 aromatic carbocycles. The van der Waals surface area contributed by atoms with Gasteiger partial charge in [-0.25, -0.2) is 18.7 Å². The molecule has 1 amide bonds. The average molecular weight is 572 g/mol. The first-order chi connectivity index (χ1) is 19.3. The molecule has 13 nitrogen and oxygen atoms in total. The monoisotopic (exact) mass is 571 g/mol. The molecule has 14 heteroatoms. The number of rotatable bonds is 13. The molecule has 0 spiro atoms. The van der Waals surface area contributed by atoms with Crippen LogP contribution in [0.4, 0.5) is 0 Å². The smallest absolute Gasteiger partial charge is 0.415 e. The maximum absolute atomic E-state index is 12.7. The zero-order valence-electron chi connectivity index (χ0n) is 21.0. The number of benzene rings is 2. The number of esters is 1. The molecule has 0 unspecified atom stereocenters. The van der Waals surface area contributed by atoms with Gasteiger partial charge >= 0.3 is 16.9 Å². The van der Waals surface area contributed by atoms with Crippen LogP contribution in [0, 0.1) is 17.0 Å². The third-order valence-corrected chi connectivity index (χ3v) is 6.76. The predicted molar refractivity (Wildman–Crippen MR) is 136 cm³/mol. The molecule has 0 saturated carbocycles. The van der Waals surface area contributed by atoms with Gasteiger partial charge in [-0.05, 0) is 53.6 Å². The Labute approximate surface area is 229 Å². The number of sulfone groups is 1. The lowest BCUT2D eigenvalue weighted by molar-refractivity contribution is -0.832. The summed E-state index contributed by atoms with van der Waals surface area (Å²) < 4.78 is 45.5. The second-order valence-corrected chi connectivity index (χ2v) is 9.71. The Bertz CT molecular complexity index is 1470. The molecule has 1 aromatic heterocycles. The minimum Gasteiger partial charge on any atom is -0.494 e. The summed E-state index contributed by atoms with van der Waals surface area (Å²) in [4.78, 5) is 22.4. The molecule has 2 N–H and O–H groups in total. The van der Waals surface area contributed by atoms with Gasteiger partial charge < -0.3 is 19.4 Å². The Morgan fingerprint density at radius 1 is 1.05 bits per heavy atom. The number of hydrogen-bond donors (Lipinski definition) is 2. The van der Waals surface area contributed by atoms with Gasteiger partial charge in [0, 0.05) is 12.5 Å². The molecule has 0 radical (unpaired) electrons. The van der Waals surface area contributed by atoms with Crippen LogP contribution in [0.25, 0.3) is 6.08 Å². The second-order valence-electron chi connectivity index (χ2n) is 7.85. The van der Waals surface area contributed by atoms with Crippen LogP contribution in [-0.4, -0.2) is 50.5 Å². The number of nitrogens with one attached hydrogen (secondary N) is 1. The molecule has 0 fully saturated rings. The minimum atomic E-state index is -4.24. The molecule has 0 aliphatic heterocycles. The quantitative estimate of drug-likeness (QED) is 0.0581. The fourth-order valence-electron chi connectivity index (χ4n) is 3.08. The van der Waals surface area contributed by atoms with Gasteiger partial charge in [0.25, 0.3) is 9.84 Å². The van der Waals surface area contributed by atoms with Gasteiger partial charge in [-0.2, -0.15) is 0 Å². The molecule has 3 rings (SSSR count). The van der Waals surface area contributed by atoms with Gasteiger partial charge in [0.15, 0.2) is 13.2 Å². The van der Waals surface area contributed by atoms with E-state index < -0.39 is 32.6 Å². The molecule has 40 heavy (non-hydrogen) atoms. The fourth-order valence-corrected chi connectivity index (χ4v) is 4.37. The molecule has 3 aromatic rings. The summed E-state index contributed by atoms with van der Waals surface area (Å²) in [6.07, 6.45) is 4.22. The van der Waals surface area contributed by atoms with Crippen molar-refractivity contribution >= 4 is 27.8 Å². The van der Waals surface area contributed by atoms with Crippen LogP contribution in [0.3, 0.4) is 0 Å². The number of nitrogens with zero attached hydrogens (tertiary/aromatic N) is 2. The van der Waals surface area contributed by atoms with E-state index >= 15 is 0 Å². The first-order valence-corrected chi connectivity index (χ1v) is 13.3. The van der Waals surface area contributed by atoms with Crippen molar-refractivity contribution in [3.8, 4) is 23.5 Å². The number of hydrogen-bond acceptors (Lipinski definition) is 11. The SMILES string of the molecule is O=C(CCCCOc1ccc(C=CC(=O)OCC#CCOc2no[n+]([O-])c2S(=O)(=O)c2ccccc2)cc1)NO. The maximum Gasteiger partial charge on any atom is 0.415 e. The lowest BCUT2D eigenvalue weighted by Gasteiger charge is -2.06. The Kier molecular flexibility index (Phi) is 11.1. The largest absolute Gasteiger partial charge is 0.494 e. The highest BCUT2D eigenvalue weighted by atomic mass is 32.2. The van der Waals surface area contributed by atoms with Crippen molar-refractivity contribution in [2.45, 2.75) is 29.2 Å². The summed E-state index contributed by atoms with van der Waals surface area (Å²) >= 11 is 0. The van der Waals surface area contributed by atoms with Crippen molar-refractivity contribution in [1.29, 1.82) is 0 Å². The van der Waals surface area contributed by atoms with E-state index in [4.69, 9.17) is 19.4 Å². The number of ether oxygens (including phenoxy) is 3. The van der Waals surface area contributed by atoms with Gasteiger partial charge in [0.2, 0.25) is 5.91 Å². The highest BCUT2D eigenvalue weighted by Gasteiger charge is 2.35. The Balaban J connectivity index is 1.40. The molecule has 0 saturated heterocycles. The van der Waals surface area contributed by atoms with E-state index in [9.17, 15) is 23.2 Å². The predicted octanol–water partition coefficient (Wildman–Crippen LogP) is 1.83. The maximum atomic E-state index is 12.7. The first-order valence-electron chi connectivity index (χ1n) is 11.8. The number of carbonyl (C=O) groups is 2. The van der Waals surface area contributed by atoms with Crippen LogP contribution in [-0.2, 0) is 24.2 Å². The van der Waals surface area contributed by atoms with Crippen molar-refractivity contribution in [3.63, 3.8) is 0 Å². The van der Waals surface area contributed by atoms with Crippen LogP contribution in [0.2, 0.25) is 0 Å². The molecular formula is C26H25N3O10S. The van der Waals surface area contributed by atoms with E-state index in [1.54, 1.807) is 41.9 Å². The molecular weight excluding hydrogens is 546 g/mol. The highest BCUT2D eigenvalue weighted by molar-refractivity contribution is 7.91. The zero-order valence-corrected chi connectivity index (χ0v) is 21.8. The number of hydroxylamine groups is 1. The number of carbonyl (C=O) groups excluding carboxylic acids is 2. The van der Waals surface area contributed by atoms with Crippen LogP contribution in [0.15, 0.2) is 75.2 Å². The summed E-state index contributed by atoms with van der Waals surface area (Å²) in [6.45, 7) is -0.185. The Hall–Kier alpha value is -4.87. The summed E-state index contributed by atoms with van der Waals surface area (Å²) in [5.74, 6) is 4.06. The minimum absolute atomic E-state index is 0.137. The van der Waals surface area contributed by atoms with Crippen molar-refractivity contribution in [1.82, 2.24) is 10.6 Å². The third-order valence-electron chi connectivity index (χ3n) is 5.03. The number of aromatic nitrogens is 2. The molecule has 0 atom stereocenters. The Morgan fingerprint density at radius 3 is 2.50 bits per heavy atom. The summed E-state index contributed by atoms with van der Waals surface area (Å²) in [6, 6.07) is 14.2. The molecule has 1 heterocycles. The van der Waals surface area contributed by atoms with E-state index in [0.717, 1.165) is 5.56 Å².